The predicted molar refractivity (Wildman–Crippen MR) is 81.6 cm³/mol. The van der Waals surface area contributed by atoms with Gasteiger partial charge in [0.2, 0.25) is 5.91 Å². The Bertz CT molecular complexity index is 583. The third kappa shape index (κ3) is 3.03. The van der Waals surface area contributed by atoms with E-state index in [9.17, 15) is 9.59 Å². The number of hydrogen-bond donors (Lipinski definition) is 3. The molecule has 1 aromatic carbocycles. The topological polar surface area (TPSA) is 93.5 Å². The number of nitrogens with one attached hydrogen (secondary N) is 2. The van der Waals surface area contributed by atoms with Gasteiger partial charge in [0, 0.05) is 16.1 Å². The molecule has 4 rings (SSSR count). The van der Waals surface area contributed by atoms with Gasteiger partial charge in [0.1, 0.15) is 5.75 Å². The van der Waals surface area contributed by atoms with E-state index in [1.165, 1.54) is 0 Å². The summed E-state index contributed by atoms with van der Waals surface area (Å²) in [7, 11) is 0. The molecule has 4 N–H and O–H groups in total. The summed E-state index contributed by atoms with van der Waals surface area (Å²) >= 11 is 5.78. The van der Waals surface area contributed by atoms with Gasteiger partial charge in [-0.2, -0.15) is 0 Å². The summed E-state index contributed by atoms with van der Waals surface area (Å²) in [5.74, 6) is 0.106. The maximum absolute atomic E-state index is 11.9. The lowest BCUT2D eigenvalue weighted by Gasteiger charge is -2.70. The number of amides is 2. The smallest absolute Gasteiger partial charge is 0.258 e. The Kier molecular flexibility index (Phi) is 3.74. The van der Waals surface area contributed by atoms with Gasteiger partial charge in [0.05, 0.1) is 6.54 Å². The maximum Gasteiger partial charge on any atom is 0.258 e. The zero-order valence-corrected chi connectivity index (χ0v) is 12.8. The number of benzene rings is 1. The van der Waals surface area contributed by atoms with Crippen LogP contribution in [0.4, 0.5) is 0 Å². The molecule has 2 bridgehead atoms. The third-order valence-corrected chi connectivity index (χ3v) is 4.51. The number of hydrogen-bond acceptors (Lipinski definition) is 4. The maximum atomic E-state index is 11.9. The van der Waals surface area contributed by atoms with Gasteiger partial charge >= 0.3 is 0 Å². The molecule has 22 heavy (non-hydrogen) atoms. The highest BCUT2D eigenvalue weighted by molar-refractivity contribution is 6.30. The molecule has 0 spiro atoms. The van der Waals surface area contributed by atoms with Crippen molar-refractivity contribution in [2.45, 2.75) is 30.3 Å². The molecule has 3 saturated carbocycles. The number of nitrogens with two attached hydrogens (primary N) is 1. The fraction of sp³-hybridized carbons (Fsp3) is 0.467. The van der Waals surface area contributed by atoms with Crippen molar-refractivity contribution in [1.82, 2.24) is 10.6 Å². The van der Waals surface area contributed by atoms with Gasteiger partial charge in [-0.25, -0.2) is 0 Å². The van der Waals surface area contributed by atoms with Crippen molar-refractivity contribution in [1.29, 1.82) is 0 Å². The Hall–Kier alpha value is -1.79. The van der Waals surface area contributed by atoms with E-state index in [2.05, 4.69) is 10.6 Å². The van der Waals surface area contributed by atoms with E-state index in [1.54, 1.807) is 24.3 Å². The molecule has 3 aliphatic carbocycles. The Morgan fingerprint density at radius 2 is 1.82 bits per heavy atom. The van der Waals surface area contributed by atoms with Crippen molar-refractivity contribution in [2.75, 3.05) is 13.2 Å². The van der Waals surface area contributed by atoms with Gasteiger partial charge in [0.25, 0.3) is 5.91 Å². The van der Waals surface area contributed by atoms with Crippen molar-refractivity contribution in [3.05, 3.63) is 29.3 Å². The van der Waals surface area contributed by atoms with Crippen molar-refractivity contribution < 1.29 is 14.3 Å². The molecular formula is C15H18ClN3O3. The molecule has 0 heterocycles. The normalized spacial score (nSPS) is 28.2. The Morgan fingerprint density at radius 3 is 2.41 bits per heavy atom. The quantitative estimate of drug-likeness (QED) is 0.684. The number of ether oxygens (including phenoxy) is 1. The molecule has 3 aliphatic rings. The van der Waals surface area contributed by atoms with E-state index in [-0.39, 0.29) is 36.0 Å². The SMILES string of the molecule is NC(=O)CNC12CC(NC(=O)COc3ccc(Cl)cc3)(C1)C2. The van der Waals surface area contributed by atoms with Crippen LogP contribution in [0.25, 0.3) is 0 Å². The molecule has 0 saturated heterocycles. The van der Waals surface area contributed by atoms with Crippen molar-refractivity contribution in [2.24, 2.45) is 5.73 Å². The van der Waals surface area contributed by atoms with Crippen LogP contribution in [-0.4, -0.2) is 36.0 Å². The van der Waals surface area contributed by atoms with Crippen molar-refractivity contribution >= 4 is 23.4 Å². The predicted octanol–water partition coefficient (Wildman–Crippen LogP) is 0.585. The van der Waals surface area contributed by atoms with E-state index in [4.69, 9.17) is 22.1 Å². The number of carbonyl (C=O) groups is 2. The second-order valence-electron chi connectivity index (χ2n) is 6.20. The standard InChI is InChI=1S/C15H18ClN3O3/c16-10-1-3-11(4-2-10)22-6-13(21)19-15-7-14(8-15,9-15)18-5-12(17)20/h1-4,18H,5-9H2,(H2,17,20)(H,19,21). The summed E-state index contributed by atoms with van der Waals surface area (Å²) in [6.45, 7) is 0.162. The Labute approximate surface area is 133 Å². The summed E-state index contributed by atoms with van der Waals surface area (Å²) in [5, 5.41) is 6.78. The van der Waals surface area contributed by atoms with Gasteiger partial charge in [-0.3, -0.25) is 9.59 Å². The lowest BCUT2D eigenvalue weighted by Crippen LogP contribution is -2.83. The first-order valence-electron chi connectivity index (χ1n) is 7.13. The minimum Gasteiger partial charge on any atom is -0.484 e. The third-order valence-electron chi connectivity index (χ3n) is 4.26. The van der Waals surface area contributed by atoms with E-state index < -0.39 is 0 Å². The van der Waals surface area contributed by atoms with E-state index in [1.807, 2.05) is 0 Å². The molecule has 7 heteroatoms. The lowest BCUT2D eigenvalue weighted by molar-refractivity contribution is -0.144. The molecule has 0 aliphatic heterocycles. The van der Waals surface area contributed by atoms with E-state index in [0.29, 0.717) is 10.8 Å². The van der Waals surface area contributed by atoms with Crippen LogP contribution < -0.4 is 21.1 Å². The first kappa shape index (κ1) is 15.1. The van der Waals surface area contributed by atoms with Gasteiger partial charge in [-0.05, 0) is 43.5 Å². The molecule has 1 aromatic rings. The number of primary amides is 1. The first-order chi connectivity index (χ1) is 10.4. The Balaban J connectivity index is 1.39. The Morgan fingerprint density at radius 1 is 1.18 bits per heavy atom. The summed E-state index contributed by atoms with van der Waals surface area (Å²) in [6, 6.07) is 6.87. The molecule has 118 valence electrons. The molecule has 6 nitrogen and oxygen atoms in total. The van der Waals surface area contributed by atoms with Crippen LogP contribution in [0.1, 0.15) is 19.3 Å². The molecule has 2 amide bonds. The average molecular weight is 324 g/mol. The van der Waals surface area contributed by atoms with Crippen LogP contribution in [0.2, 0.25) is 5.02 Å². The highest BCUT2D eigenvalue weighted by Gasteiger charge is 2.68. The minimum atomic E-state index is -0.362. The molecule has 0 radical (unpaired) electrons. The lowest BCUT2D eigenvalue weighted by atomic mass is 9.44. The number of halogens is 1. The zero-order valence-electron chi connectivity index (χ0n) is 12.0. The zero-order chi connectivity index (χ0) is 15.8. The molecular weight excluding hydrogens is 306 g/mol. The summed E-state index contributed by atoms with van der Waals surface area (Å²) < 4.78 is 5.41. The summed E-state index contributed by atoms with van der Waals surface area (Å²) in [4.78, 5) is 22.7. The van der Waals surface area contributed by atoms with Crippen molar-refractivity contribution in [3.8, 4) is 5.75 Å². The largest absolute Gasteiger partial charge is 0.484 e. The first-order valence-corrected chi connectivity index (χ1v) is 7.51. The second kappa shape index (κ2) is 5.44. The molecule has 3 fully saturated rings. The summed E-state index contributed by atoms with van der Waals surface area (Å²) in [6.07, 6.45) is 2.50. The highest BCUT2D eigenvalue weighted by Crippen LogP contribution is 2.60. The van der Waals surface area contributed by atoms with Crippen LogP contribution in [0, 0.1) is 0 Å². The number of rotatable bonds is 7. The molecule has 0 atom stereocenters. The molecule has 0 unspecified atom stereocenters. The van der Waals surface area contributed by atoms with E-state index >= 15 is 0 Å². The van der Waals surface area contributed by atoms with Gasteiger partial charge in [0.15, 0.2) is 6.61 Å². The second-order valence-corrected chi connectivity index (χ2v) is 6.64. The molecule has 0 aromatic heterocycles. The van der Waals surface area contributed by atoms with Crippen LogP contribution in [0.5, 0.6) is 5.75 Å². The van der Waals surface area contributed by atoms with Crippen LogP contribution in [-0.2, 0) is 9.59 Å². The summed E-state index contributed by atoms with van der Waals surface area (Å²) in [5.41, 5.74) is 4.97. The van der Waals surface area contributed by atoms with Crippen LogP contribution in [0.3, 0.4) is 0 Å². The van der Waals surface area contributed by atoms with Crippen LogP contribution in [0.15, 0.2) is 24.3 Å². The fourth-order valence-corrected chi connectivity index (χ4v) is 3.52. The average Bonchev–Trinajstić information content (AvgIpc) is 2.39. The monoisotopic (exact) mass is 323 g/mol. The van der Waals surface area contributed by atoms with Crippen LogP contribution >= 0.6 is 11.6 Å². The van der Waals surface area contributed by atoms with Gasteiger partial charge < -0.3 is 21.1 Å². The van der Waals surface area contributed by atoms with Gasteiger partial charge in [-0.15, -0.1) is 0 Å². The highest BCUT2D eigenvalue weighted by atomic mass is 35.5. The minimum absolute atomic E-state index is 0.0145. The van der Waals surface area contributed by atoms with E-state index in [0.717, 1.165) is 19.3 Å². The van der Waals surface area contributed by atoms with Gasteiger partial charge in [-0.1, -0.05) is 11.6 Å². The number of carbonyl (C=O) groups excluding carboxylic acids is 2. The van der Waals surface area contributed by atoms with Crippen molar-refractivity contribution in [3.63, 3.8) is 0 Å². The fourth-order valence-electron chi connectivity index (χ4n) is 3.39.